The zero-order chi connectivity index (χ0) is 18.5. The lowest BCUT2D eigenvalue weighted by Gasteiger charge is -2.47. The molecule has 3 heterocycles. The highest BCUT2D eigenvalue weighted by atomic mass is 32.1. The maximum Gasteiger partial charge on any atom is 0.252 e. The first-order chi connectivity index (χ1) is 13.1. The summed E-state index contributed by atoms with van der Waals surface area (Å²) in [5.41, 5.74) is 2.24. The van der Waals surface area contributed by atoms with Crippen LogP contribution in [0.25, 0.3) is 0 Å². The summed E-state index contributed by atoms with van der Waals surface area (Å²) in [6.07, 6.45) is 9.99. The Kier molecular flexibility index (Phi) is 4.81. The van der Waals surface area contributed by atoms with Gasteiger partial charge in [-0.25, -0.2) is 0 Å². The number of fused-ring (bicyclic) bond motifs is 1. The molecular weight excluding hydrogens is 356 g/mol. The highest BCUT2D eigenvalue weighted by molar-refractivity contribution is 7.12. The van der Waals surface area contributed by atoms with Crippen LogP contribution in [0.15, 0.2) is 0 Å². The molecule has 0 radical (unpaired) electrons. The van der Waals surface area contributed by atoms with E-state index in [1.165, 1.54) is 53.8 Å². The Morgan fingerprint density at radius 2 is 1.85 bits per heavy atom. The zero-order valence-corrected chi connectivity index (χ0v) is 17.4. The number of hydrogen-bond donors (Lipinski definition) is 1. The summed E-state index contributed by atoms with van der Waals surface area (Å²) in [4.78, 5) is 17.7. The van der Waals surface area contributed by atoms with Crippen molar-refractivity contribution in [1.29, 1.82) is 0 Å². The number of nitrogens with one attached hydrogen (secondary N) is 1. The summed E-state index contributed by atoms with van der Waals surface area (Å²) in [7, 11) is 0. The molecule has 27 heavy (non-hydrogen) atoms. The Hall–Kier alpha value is -0.910. The van der Waals surface area contributed by atoms with E-state index in [0.29, 0.717) is 18.1 Å². The van der Waals surface area contributed by atoms with Crippen molar-refractivity contribution in [2.24, 2.45) is 5.92 Å². The second-order valence-corrected chi connectivity index (χ2v) is 10.3. The van der Waals surface area contributed by atoms with Gasteiger partial charge in [-0.1, -0.05) is 6.92 Å². The number of likely N-dealkylation sites (tertiary alicyclic amines) is 1. The Morgan fingerprint density at radius 1 is 1.11 bits per heavy atom. The van der Waals surface area contributed by atoms with E-state index < -0.39 is 0 Å². The standard InChI is InChI=1S/C22H32N2O2S/c1-13(21-14(2)20-19(27-21)9-10-23-22(20)25)15-3-5-16(6-4-15)24-11-18(12-24)26-17-7-8-17/h13,15-18H,3-12H2,1-2H3,(H,23,25)/t13?,15-,16-. The van der Waals surface area contributed by atoms with Gasteiger partial charge >= 0.3 is 0 Å². The Bertz CT molecular complexity index is 712. The molecule has 4 nitrogen and oxygen atoms in total. The van der Waals surface area contributed by atoms with Crippen LogP contribution in [0.5, 0.6) is 0 Å². The third-order valence-electron chi connectivity index (χ3n) is 7.29. The number of rotatable bonds is 5. The summed E-state index contributed by atoms with van der Waals surface area (Å²) >= 11 is 1.91. The van der Waals surface area contributed by atoms with Gasteiger partial charge in [-0.05, 0) is 69.3 Å². The average molecular weight is 389 g/mol. The first-order valence-electron chi connectivity index (χ1n) is 10.9. The molecule has 1 unspecified atom stereocenters. The van der Waals surface area contributed by atoms with Gasteiger partial charge < -0.3 is 10.1 Å². The molecular formula is C22H32N2O2S. The fourth-order valence-corrected chi connectivity index (χ4v) is 6.84. The minimum Gasteiger partial charge on any atom is -0.372 e. The van der Waals surface area contributed by atoms with Crippen LogP contribution in [0.3, 0.4) is 0 Å². The van der Waals surface area contributed by atoms with Crippen molar-refractivity contribution >= 4 is 17.2 Å². The van der Waals surface area contributed by atoms with Crippen LogP contribution in [0.4, 0.5) is 0 Å². The van der Waals surface area contributed by atoms with Gasteiger partial charge in [-0.2, -0.15) is 0 Å². The van der Waals surface area contributed by atoms with E-state index in [1.807, 2.05) is 11.3 Å². The average Bonchev–Trinajstić information content (AvgIpc) is 3.40. The van der Waals surface area contributed by atoms with Gasteiger partial charge in [0.05, 0.1) is 17.8 Å². The lowest BCUT2D eigenvalue weighted by atomic mass is 9.76. The van der Waals surface area contributed by atoms with Gasteiger partial charge in [0.25, 0.3) is 5.91 Å². The number of nitrogens with zero attached hydrogens (tertiary/aromatic N) is 1. The molecule has 0 spiro atoms. The number of amides is 1. The van der Waals surface area contributed by atoms with E-state index >= 15 is 0 Å². The summed E-state index contributed by atoms with van der Waals surface area (Å²) < 4.78 is 6.02. The van der Waals surface area contributed by atoms with Gasteiger partial charge in [0.1, 0.15) is 0 Å². The largest absolute Gasteiger partial charge is 0.372 e. The van der Waals surface area contributed by atoms with Crippen LogP contribution in [-0.4, -0.2) is 48.7 Å². The van der Waals surface area contributed by atoms with Crippen LogP contribution in [0, 0.1) is 12.8 Å². The van der Waals surface area contributed by atoms with Crippen LogP contribution in [-0.2, 0) is 11.2 Å². The minimum atomic E-state index is 0.146. The SMILES string of the molecule is Cc1c(C(C)[C@H]2CC[C@H](N3CC(OC4CC4)C3)CC2)sc2c1C(=O)NCC2. The van der Waals surface area contributed by atoms with Gasteiger partial charge in [-0.3, -0.25) is 9.69 Å². The Balaban J connectivity index is 1.17. The van der Waals surface area contributed by atoms with Crippen LogP contribution in [0.1, 0.15) is 77.0 Å². The lowest BCUT2D eigenvalue weighted by molar-refractivity contribution is -0.0860. The van der Waals surface area contributed by atoms with Crippen molar-refractivity contribution in [3.63, 3.8) is 0 Å². The summed E-state index contributed by atoms with van der Waals surface area (Å²) in [6.45, 7) is 7.68. The maximum atomic E-state index is 12.3. The van der Waals surface area contributed by atoms with Crippen molar-refractivity contribution in [2.75, 3.05) is 19.6 Å². The smallest absolute Gasteiger partial charge is 0.252 e. The molecule has 1 N–H and O–H groups in total. The van der Waals surface area contributed by atoms with Crippen LogP contribution >= 0.6 is 11.3 Å². The fourth-order valence-electron chi connectivity index (χ4n) is 5.39. The molecule has 5 rings (SSSR count). The third-order valence-corrected chi connectivity index (χ3v) is 8.84. The normalized spacial score (nSPS) is 30.5. The second-order valence-electron chi connectivity index (χ2n) is 9.16. The maximum absolute atomic E-state index is 12.3. The predicted molar refractivity (Wildman–Crippen MR) is 109 cm³/mol. The molecule has 1 atom stereocenters. The van der Waals surface area contributed by atoms with Crippen molar-refractivity contribution in [2.45, 2.75) is 83.0 Å². The monoisotopic (exact) mass is 388 g/mol. The van der Waals surface area contributed by atoms with Gasteiger partial charge in [0, 0.05) is 35.4 Å². The van der Waals surface area contributed by atoms with E-state index in [0.717, 1.165) is 43.6 Å². The molecule has 5 heteroatoms. The van der Waals surface area contributed by atoms with Crippen molar-refractivity contribution in [3.05, 3.63) is 20.9 Å². The molecule has 0 bridgehead atoms. The summed E-state index contributed by atoms with van der Waals surface area (Å²) in [6, 6.07) is 0.774. The molecule has 4 aliphatic rings. The number of hydrogen-bond acceptors (Lipinski definition) is 4. The fraction of sp³-hybridized carbons (Fsp3) is 0.773. The summed E-state index contributed by atoms with van der Waals surface area (Å²) in [5.74, 6) is 1.49. The Labute approximate surface area is 166 Å². The minimum absolute atomic E-state index is 0.146. The topological polar surface area (TPSA) is 41.6 Å². The van der Waals surface area contributed by atoms with E-state index in [4.69, 9.17) is 4.74 Å². The third kappa shape index (κ3) is 3.47. The first-order valence-corrected chi connectivity index (χ1v) is 11.7. The zero-order valence-electron chi connectivity index (χ0n) is 16.6. The van der Waals surface area contributed by atoms with Crippen LogP contribution < -0.4 is 5.32 Å². The molecule has 2 aliphatic carbocycles. The molecule has 0 aromatic carbocycles. The molecule has 1 amide bonds. The summed E-state index contributed by atoms with van der Waals surface area (Å²) in [5, 5.41) is 3.01. The van der Waals surface area contributed by atoms with E-state index in [2.05, 4.69) is 24.1 Å². The molecule has 148 valence electrons. The number of carbonyl (C=O) groups is 1. The van der Waals surface area contributed by atoms with E-state index in [9.17, 15) is 4.79 Å². The quantitative estimate of drug-likeness (QED) is 0.833. The first kappa shape index (κ1) is 18.1. The van der Waals surface area contributed by atoms with Crippen molar-refractivity contribution in [3.8, 4) is 0 Å². The van der Waals surface area contributed by atoms with Crippen molar-refractivity contribution in [1.82, 2.24) is 10.2 Å². The molecule has 1 aromatic heterocycles. The molecule has 2 aliphatic heterocycles. The highest BCUT2D eigenvalue weighted by Crippen LogP contribution is 2.43. The van der Waals surface area contributed by atoms with Crippen molar-refractivity contribution < 1.29 is 9.53 Å². The van der Waals surface area contributed by atoms with E-state index in [1.54, 1.807) is 0 Å². The predicted octanol–water partition coefficient (Wildman–Crippen LogP) is 3.87. The number of ether oxygens (including phenoxy) is 1. The molecule has 3 fully saturated rings. The number of thiophene rings is 1. The van der Waals surface area contributed by atoms with Gasteiger partial charge in [0.15, 0.2) is 0 Å². The van der Waals surface area contributed by atoms with Crippen LogP contribution in [0.2, 0.25) is 0 Å². The lowest BCUT2D eigenvalue weighted by Crippen LogP contribution is -2.57. The van der Waals surface area contributed by atoms with E-state index in [-0.39, 0.29) is 5.91 Å². The molecule has 1 aromatic rings. The Morgan fingerprint density at radius 3 is 2.52 bits per heavy atom. The second kappa shape index (κ2) is 7.16. The van der Waals surface area contributed by atoms with Gasteiger partial charge in [0.2, 0.25) is 0 Å². The molecule has 2 saturated carbocycles. The number of carbonyl (C=O) groups excluding carboxylic acids is 1. The highest BCUT2D eigenvalue weighted by Gasteiger charge is 2.39. The molecule has 1 saturated heterocycles. The van der Waals surface area contributed by atoms with Gasteiger partial charge in [-0.15, -0.1) is 11.3 Å².